The van der Waals surface area contributed by atoms with E-state index < -0.39 is 11.8 Å². The molecule has 0 atom stereocenters. The zero-order valence-corrected chi connectivity index (χ0v) is 15.5. The van der Waals surface area contributed by atoms with Gasteiger partial charge in [-0.15, -0.1) is 0 Å². The second kappa shape index (κ2) is 6.56. The number of Topliss-reactive ketones (excluding diaryl/α,β-unsaturated/α-hetero) is 1. The minimum absolute atomic E-state index is 0.0166. The predicted octanol–water partition coefficient (Wildman–Crippen LogP) is 3.41. The number of nitrogens with zero attached hydrogens (tertiary/aromatic N) is 1. The Kier molecular flexibility index (Phi) is 4.19. The fourth-order valence-electron chi connectivity index (χ4n) is 3.53. The normalized spacial score (nSPS) is 15.9. The van der Waals surface area contributed by atoms with Gasteiger partial charge in [0.15, 0.2) is 0 Å². The van der Waals surface area contributed by atoms with Crippen LogP contribution in [0.2, 0.25) is 0 Å². The fourth-order valence-corrected chi connectivity index (χ4v) is 3.53. The van der Waals surface area contributed by atoms with Crippen molar-refractivity contribution in [1.29, 1.82) is 0 Å². The summed E-state index contributed by atoms with van der Waals surface area (Å²) in [5, 5.41) is 21.5. The number of hydrogen-bond acceptors (Lipinski definition) is 5. The molecule has 3 aromatic rings. The van der Waals surface area contributed by atoms with Crippen molar-refractivity contribution in [3.63, 3.8) is 0 Å². The number of aromatic hydroxyl groups is 1. The molecule has 1 aliphatic heterocycles. The van der Waals surface area contributed by atoms with Gasteiger partial charge in [-0.1, -0.05) is 29.8 Å². The van der Waals surface area contributed by atoms with E-state index in [-0.39, 0.29) is 23.7 Å². The zero-order chi connectivity index (χ0) is 20.0. The van der Waals surface area contributed by atoms with E-state index >= 15 is 0 Å². The molecule has 2 aromatic carbocycles. The van der Waals surface area contributed by atoms with E-state index in [1.54, 1.807) is 12.3 Å². The van der Waals surface area contributed by atoms with Crippen LogP contribution in [-0.2, 0) is 20.9 Å². The first-order chi connectivity index (χ1) is 13.4. The summed E-state index contributed by atoms with van der Waals surface area (Å²) >= 11 is 0. The molecule has 1 fully saturated rings. The van der Waals surface area contributed by atoms with Crippen molar-refractivity contribution >= 4 is 28.4 Å². The van der Waals surface area contributed by atoms with Gasteiger partial charge in [0.25, 0.3) is 5.78 Å². The molecule has 0 unspecified atom stereocenters. The number of aryl methyl sites for hydroxylation is 2. The third-order valence-corrected chi connectivity index (χ3v) is 5.08. The molecule has 2 heterocycles. The number of cyclic esters (lactones) is 1. The molecule has 0 radical (unpaired) electrons. The van der Waals surface area contributed by atoms with Crippen LogP contribution in [-0.4, -0.2) is 33.1 Å². The van der Waals surface area contributed by atoms with Crippen molar-refractivity contribution in [3.8, 4) is 5.75 Å². The minimum Gasteiger partial charge on any atom is -0.507 e. The number of aliphatic hydroxyl groups excluding tert-OH is 1. The molecule has 1 aliphatic rings. The van der Waals surface area contributed by atoms with Crippen molar-refractivity contribution < 1.29 is 24.5 Å². The summed E-state index contributed by atoms with van der Waals surface area (Å²) in [5.41, 5.74) is 4.27. The van der Waals surface area contributed by atoms with E-state index in [0.717, 1.165) is 16.7 Å². The number of phenolic OH excluding ortho intramolecular Hbond substituents is 1. The fraction of sp³-hybridized carbons (Fsp3) is 0.182. The quantitative estimate of drug-likeness (QED) is 0.316. The summed E-state index contributed by atoms with van der Waals surface area (Å²) in [6, 6.07) is 11.3. The Morgan fingerprint density at radius 1 is 1.18 bits per heavy atom. The molecule has 6 nitrogen and oxygen atoms in total. The molecule has 0 aliphatic carbocycles. The Labute approximate surface area is 161 Å². The molecule has 142 valence electrons. The first-order valence-electron chi connectivity index (χ1n) is 8.87. The van der Waals surface area contributed by atoms with Gasteiger partial charge in [-0.05, 0) is 37.1 Å². The molecular formula is C22H19NO5. The lowest BCUT2D eigenvalue weighted by molar-refractivity contribution is -0.146. The van der Waals surface area contributed by atoms with Crippen LogP contribution in [0.15, 0.2) is 48.2 Å². The molecule has 0 amide bonds. The minimum atomic E-state index is -0.982. The number of fused-ring (bicyclic) bond motifs is 1. The van der Waals surface area contributed by atoms with Crippen LogP contribution >= 0.6 is 0 Å². The van der Waals surface area contributed by atoms with Crippen LogP contribution in [0.25, 0.3) is 16.7 Å². The predicted molar refractivity (Wildman–Crippen MR) is 104 cm³/mol. The molecule has 6 heteroatoms. The first kappa shape index (κ1) is 17.9. The number of ketones is 1. The van der Waals surface area contributed by atoms with Crippen molar-refractivity contribution in [2.24, 2.45) is 0 Å². The summed E-state index contributed by atoms with van der Waals surface area (Å²) in [5.74, 6) is -2.20. The van der Waals surface area contributed by atoms with Crippen LogP contribution < -0.4 is 0 Å². The number of aliphatic hydroxyl groups is 1. The number of esters is 1. The lowest BCUT2D eigenvalue weighted by Gasteiger charge is -2.10. The van der Waals surface area contributed by atoms with Gasteiger partial charge in [-0.25, -0.2) is 4.79 Å². The summed E-state index contributed by atoms with van der Waals surface area (Å²) < 4.78 is 6.63. The number of carbonyl (C=O) groups is 2. The lowest BCUT2D eigenvalue weighted by atomic mass is 10.1. The maximum absolute atomic E-state index is 12.0. The van der Waals surface area contributed by atoms with E-state index in [1.165, 1.54) is 6.07 Å². The molecule has 1 saturated heterocycles. The number of aromatic nitrogens is 1. The van der Waals surface area contributed by atoms with E-state index in [9.17, 15) is 19.8 Å². The highest BCUT2D eigenvalue weighted by atomic mass is 16.5. The second-order valence-corrected chi connectivity index (χ2v) is 7.00. The molecule has 0 spiro atoms. The zero-order valence-electron chi connectivity index (χ0n) is 15.5. The molecule has 1 aromatic heterocycles. The molecule has 0 saturated carbocycles. The Balaban J connectivity index is 1.90. The average molecular weight is 377 g/mol. The number of benzene rings is 2. The third-order valence-electron chi connectivity index (χ3n) is 5.08. The lowest BCUT2D eigenvalue weighted by Crippen LogP contribution is -2.08. The van der Waals surface area contributed by atoms with Crippen LogP contribution in [0.5, 0.6) is 5.75 Å². The van der Waals surface area contributed by atoms with Gasteiger partial charge in [-0.2, -0.15) is 0 Å². The van der Waals surface area contributed by atoms with E-state index in [1.807, 2.05) is 36.6 Å². The summed E-state index contributed by atoms with van der Waals surface area (Å²) in [4.78, 5) is 23.4. The Hall–Kier alpha value is -3.54. The molecule has 0 bridgehead atoms. The van der Waals surface area contributed by atoms with E-state index in [2.05, 4.69) is 6.07 Å². The van der Waals surface area contributed by atoms with E-state index in [0.29, 0.717) is 23.0 Å². The van der Waals surface area contributed by atoms with Crippen molar-refractivity contribution in [2.45, 2.75) is 20.4 Å². The number of carbonyl (C=O) groups excluding carboxylic acids is 2. The maximum Gasteiger partial charge on any atom is 0.379 e. The monoisotopic (exact) mass is 377 g/mol. The highest BCUT2D eigenvalue weighted by Crippen LogP contribution is 2.35. The van der Waals surface area contributed by atoms with Crippen LogP contribution in [0.1, 0.15) is 22.3 Å². The van der Waals surface area contributed by atoms with Crippen molar-refractivity contribution in [2.75, 3.05) is 6.61 Å². The summed E-state index contributed by atoms with van der Waals surface area (Å²) in [7, 11) is 0. The Morgan fingerprint density at radius 2 is 1.96 bits per heavy atom. The van der Waals surface area contributed by atoms with Gasteiger partial charge in [0.2, 0.25) is 0 Å². The average Bonchev–Trinajstić information content (AvgIpc) is 3.20. The van der Waals surface area contributed by atoms with E-state index in [4.69, 9.17) is 4.74 Å². The highest BCUT2D eigenvalue weighted by Gasteiger charge is 2.33. The van der Waals surface area contributed by atoms with Gasteiger partial charge in [0.05, 0.1) is 16.5 Å². The standard InChI is InChI=1S/C22H19NO5/c1-12-6-7-13(2)14(8-12)9-23-10-15(19-17(23)4-3-5-18(19)24)20(25)16-11-28-22(27)21(16)26/h3-8,10,24-25H,9,11H2,1-2H3/b20-16-. The summed E-state index contributed by atoms with van der Waals surface area (Å²) in [6.07, 6.45) is 1.69. The van der Waals surface area contributed by atoms with Gasteiger partial charge < -0.3 is 19.5 Å². The van der Waals surface area contributed by atoms with Crippen LogP contribution in [0.4, 0.5) is 0 Å². The summed E-state index contributed by atoms with van der Waals surface area (Å²) in [6.45, 7) is 4.30. The first-order valence-corrected chi connectivity index (χ1v) is 8.87. The number of phenols is 1. The van der Waals surface area contributed by atoms with Crippen LogP contribution in [0, 0.1) is 13.8 Å². The molecular weight excluding hydrogens is 358 g/mol. The number of ether oxygens (including phenoxy) is 1. The molecule has 28 heavy (non-hydrogen) atoms. The maximum atomic E-state index is 12.0. The topological polar surface area (TPSA) is 88.8 Å². The Bertz CT molecular complexity index is 1170. The smallest absolute Gasteiger partial charge is 0.379 e. The third kappa shape index (κ3) is 2.83. The van der Waals surface area contributed by atoms with Gasteiger partial charge in [0, 0.05) is 18.3 Å². The van der Waals surface area contributed by atoms with Crippen molar-refractivity contribution in [3.05, 3.63) is 70.4 Å². The largest absolute Gasteiger partial charge is 0.507 e. The van der Waals surface area contributed by atoms with Crippen LogP contribution in [0.3, 0.4) is 0 Å². The van der Waals surface area contributed by atoms with Gasteiger partial charge >= 0.3 is 5.97 Å². The molecule has 4 rings (SSSR count). The van der Waals surface area contributed by atoms with Crippen molar-refractivity contribution in [1.82, 2.24) is 4.57 Å². The van der Waals surface area contributed by atoms with Gasteiger partial charge in [-0.3, -0.25) is 4.79 Å². The SMILES string of the molecule is Cc1ccc(C)c(Cn2cc(/C(O)=C3\COC(=O)C3=O)c3c(O)cccc32)c1. The molecule has 2 N–H and O–H groups in total. The highest BCUT2D eigenvalue weighted by molar-refractivity contribution is 6.43. The Morgan fingerprint density at radius 3 is 2.68 bits per heavy atom. The van der Waals surface area contributed by atoms with Gasteiger partial charge in [0.1, 0.15) is 18.1 Å². The second-order valence-electron chi connectivity index (χ2n) is 7.00. The number of hydrogen-bond donors (Lipinski definition) is 2. The number of rotatable bonds is 3.